The summed E-state index contributed by atoms with van der Waals surface area (Å²) in [5.74, 6) is 1.27. The molecule has 3 aliphatic heterocycles. The van der Waals surface area contributed by atoms with E-state index in [1.165, 1.54) is 0 Å². The normalized spacial score (nSPS) is 26.8. The molecule has 2 fully saturated rings. The molecule has 1 amide bonds. The van der Waals surface area contributed by atoms with Crippen molar-refractivity contribution in [3.63, 3.8) is 0 Å². The van der Waals surface area contributed by atoms with Crippen LogP contribution in [0.5, 0.6) is 5.75 Å². The third-order valence-corrected chi connectivity index (χ3v) is 6.62. The number of aromatic nitrogens is 2. The number of carbonyl (C=O) groups is 1. The maximum atomic E-state index is 12.8. The van der Waals surface area contributed by atoms with E-state index in [9.17, 15) is 4.79 Å². The number of fused-ring (bicyclic) bond motifs is 3. The Morgan fingerprint density at radius 1 is 1.29 bits per heavy atom. The Kier molecular flexibility index (Phi) is 3.85. The van der Waals surface area contributed by atoms with Crippen molar-refractivity contribution in [3.8, 4) is 5.75 Å². The highest BCUT2D eigenvalue weighted by Crippen LogP contribution is 2.55. The van der Waals surface area contributed by atoms with Gasteiger partial charge >= 0.3 is 0 Å². The zero-order valence-corrected chi connectivity index (χ0v) is 16.7. The second-order valence-corrected chi connectivity index (χ2v) is 9.03. The van der Waals surface area contributed by atoms with Gasteiger partial charge in [-0.15, -0.1) is 0 Å². The minimum atomic E-state index is -0.293. The van der Waals surface area contributed by atoms with E-state index in [0.29, 0.717) is 12.2 Å². The van der Waals surface area contributed by atoms with E-state index in [0.717, 1.165) is 37.4 Å². The molecule has 0 aliphatic carbocycles. The molecule has 2 atom stereocenters. The predicted molar refractivity (Wildman–Crippen MR) is 104 cm³/mol. The van der Waals surface area contributed by atoms with Gasteiger partial charge in [-0.3, -0.25) is 9.48 Å². The van der Waals surface area contributed by atoms with Crippen LogP contribution < -0.4 is 4.74 Å². The number of hydrogen-bond donors (Lipinski definition) is 0. The van der Waals surface area contributed by atoms with Crippen molar-refractivity contribution < 1.29 is 14.3 Å². The van der Waals surface area contributed by atoms with E-state index in [1.54, 1.807) is 10.9 Å². The highest BCUT2D eigenvalue weighted by Gasteiger charge is 2.56. The molecule has 0 unspecified atom stereocenters. The molecule has 0 saturated carbocycles. The number of benzene rings is 1. The molecular weight excluding hydrogens is 354 g/mol. The molecule has 28 heavy (non-hydrogen) atoms. The van der Waals surface area contributed by atoms with Gasteiger partial charge in [0.1, 0.15) is 11.4 Å². The fraction of sp³-hybridized carbons (Fsp3) is 0.545. The Labute approximate surface area is 165 Å². The fourth-order valence-corrected chi connectivity index (χ4v) is 5.06. The average Bonchev–Trinajstić information content (AvgIpc) is 3.14. The summed E-state index contributed by atoms with van der Waals surface area (Å²) in [5.41, 5.74) is 1.56. The lowest BCUT2D eigenvalue weighted by molar-refractivity contribution is -0.191. The smallest absolute Gasteiger partial charge is 0.257 e. The number of likely N-dealkylation sites (tertiary alicyclic amines) is 1. The topological polar surface area (TPSA) is 56.6 Å². The largest absolute Gasteiger partial charge is 0.487 e. The monoisotopic (exact) mass is 381 g/mol. The predicted octanol–water partition coefficient (Wildman–Crippen LogP) is 3.29. The maximum Gasteiger partial charge on any atom is 0.257 e. The van der Waals surface area contributed by atoms with Crippen LogP contribution in [0.4, 0.5) is 0 Å². The molecule has 2 saturated heterocycles. The molecule has 5 rings (SSSR count). The van der Waals surface area contributed by atoms with Crippen LogP contribution in [-0.4, -0.2) is 45.9 Å². The standard InChI is InChI=1S/C22H27N3O3/c1-4-25-11-15(10-23-25)20(26)24-12-22(13-24)9-17-19(27-14-22)16-7-5-6-8-18(16)28-21(17,2)3/h5-8,10-11,17,19H,4,9,12-14H2,1-3H3/t17-,19+/m0/s1. The van der Waals surface area contributed by atoms with Gasteiger partial charge in [-0.2, -0.15) is 5.10 Å². The van der Waals surface area contributed by atoms with Gasteiger partial charge in [0.2, 0.25) is 0 Å². The van der Waals surface area contributed by atoms with Crippen LogP contribution in [0.2, 0.25) is 0 Å². The number of carbonyl (C=O) groups excluding carboxylic acids is 1. The van der Waals surface area contributed by atoms with Crippen LogP contribution in [0.1, 0.15) is 49.2 Å². The number of amides is 1. The lowest BCUT2D eigenvalue weighted by Gasteiger charge is -2.58. The second kappa shape index (κ2) is 6.08. The summed E-state index contributed by atoms with van der Waals surface area (Å²) in [6.45, 7) is 9.27. The Morgan fingerprint density at radius 3 is 2.82 bits per heavy atom. The number of hydrogen-bond acceptors (Lipinski definition) is 4. The van der Waals surface area contributed by atoms with Crippen LogP contribution >= 0.6 is 0 Å². The van der Waals surface area contributed by atoms with Gasteiger partial charge in [0.15, 0.2) is 0 Å². The molecule has 3 aliphatic rings. The SMILES string of the molecule is CCn1cc(C(=O)N2CC3(CO[C@@H]4c5ccccc5OC(C)(C)[C@H]4C3)C2)cn1. The first-order valence-electron chi connectivity index (χ1n) is 10.1. The van der Waals surface area contributed by atoms with Gasteiger partial charge in [0.05, 0.1) is 24.5 Å². The number of rotatable bonds is 2. The number of para-hydroxylation sites is 1. The van der Waals surface area contributed by atoms with Crippen molar-refractivity contribution in [2.45, 2.75) is 45.4 Å². The van der Waals surface area contributed by atoms with Gasteiger partial charge in [-0.05, 0) is 33.3 Å². The zero-order valence-electron chi connectivity index (χ0n) is 16.7. The van der Waals surface area contributed by atoms with Gasteiger partial charge in [0.25, 0.3) is 5.91 Å². The Morgan fingerprint density at radius 2 is 2.07 bits per heavy atom. The number of ether oxygens (including phenoxy) is 2. The molecule has 1 aromatic carbocycles. The summed E-state index contributed by atoms with van der Waals surface area (Å²) >= 11 is 0. The van der Waals surface area contributed by atoms with Gasteiger partial charge in [0, 0.05) is 42.7 Å². The van der Waals surface area contributed by atoms with Crippen molar-refractivity contribution in [1.29, 1.82) is 0 Å². The van der Waals surface area contributed by atoms with Crippen molar-refractivity contribution >= 4 is 5.91 Å². The molecule has 6 nitrogen and oxygen atoms in total. The summed E-state index contributed by atoms with van der Waals surface area (Å²) in [6.07, 6.45) is 4.57. The molecule has 0 bridgehead atoms. The summed E-state index contributed by atoms with van der Waals surface area (Å²) in [5, 5.41) is 4.22. The van der Waals surface area contributed by atoms with Crippen molar-refractivity contribution in [1.82, 2.24) is 14.7 Å². The first-order valence-corrected chi connectivity index (χ1v) is 10.1. The maximum absolute atomic E-state index is 12.8. The van der Waals surface area contributed by atoms with Gasteiger partial charge in [-0.1, -0.05) is 18.2 Å². The molecule has 0 N–H and O–H groups in total. The highest BCUT2D eigenvalue weighted by molar-refractivity contribution is 5.94. The molecule has 148 valence electrons. The Bertz CT molecular complexity index is 913. The van der Waals surface area contributed by atoms with E-state index in [2.05, 4.69) is 25.0 Å². The lowest BCUT2D eigenvalue weighted by Crippen LogP contribution is -2.65. The van der Waals surface area contributed by atoms with Crippen LogP contribution in [-0.2, 0) is 11.3 Å². The number of nitrogens with zero attached hydrogens (tertiary/aromatic N) is 3. The van der Waals surface area contributed by atoms with Crippen molar-refractivity contribution in [2.24, 2.45) is 11.3 Å². The van der Waals surface area contributed by atoms with Crippen LogP contribution in [0.15, 0.2) is 36.7 Å². The van der Waals surface area contributed by atoms with Crippen molar-refractivity contribution in [2.75, 3.05) is 19.7 Å². The highest BCUT2D eigenvalue weighted by atomic mass is 16.5. The number of aryl methyl sites for hydroxylation is 1. The Balaban J connectivity index is 1.32. The third-order valence-electron chi connectivity index (χ3n) is 6.62. The van der Waals surface area contributed by atoms with Crippen LogP contribution in [0, 0.1) is 11.3 Å². The van der Waals surface area contributed by atoms with E-state index in [4.69, 9.17) is 9.47 Å². The average molecular weight is 381 g/mol. The van der Waals surface area contributed by atoms with E-state index in [-0.39, 0.29) is 28.9 Å². The molecular formula is C22H27N3O3. The van der Waals surface area contributed by atoms with Crippen molar-refractivity contribution in [3.05, 3.63) is 47.8 Å². The summed E-state index contributed by atoms with van der Waals surface area (Å²) in [4.78, 5) is 14.7. The van der Waals surface area contributed by atoms with E-state index < -0.39 is 0 Å². The minimum Gasteiger partial charge on any atom is -0.487 e. The summed E-state index contributed by atoms with van der Waals surface area (Å²) in [6, 6.07) is 8.20. The molecule has 1 spiro atoms. The fourth-order valence-electron chi connectivity index (χ4n) is 5.06. The van der Waals surface area contributed by atoms with E-state index >= 15 is 0 Å². The molecule has 2 aromatic rings. The first kappa shape index (κ1) is 17.7. The third kappa shape index (κ3) is 2.65. The first-order chi connectivity index (χ1) is 13.4. The lowest BCUT2D eigenvalue weighted by atomic mass is 9.64. The molecule has 0 radical (unpaired) electrons. The van der Waals surface area contributed by atoms with Crippen LogP contribution in [0.25, 0.3) is 0 Å². The minimum absolute atomic E-state index is 0.0322. The molecule has 6 heteroatoms. The quantitative estimate of drug-likeness (QED) is 0.801. The Hall–Kier alpha value is -2.34. The van der Waals surface area contributed by atoms with Gasteiger partial charge in [-0.25, -0.2) is 0 Å². The molecule has 4 heterocycles. The summed E-state index contributed by atoms with van der Waals surface area (Å²) in [7, 11) is 0. The summed E-state index contributed by atoms with van der Waals surface area (Å²) < 4.78 is 14.5. The zero-order chi connectivity index (χ0) is 19.5. The van der Waals surface area contributed by atoms with Crippen LogP contribution in [0.3, 0.4) is 0 Å². The van der Waals surface area contributed by atoms with Gasteiger partial charge < -0.3 is 14.4 Å². The van der Waals surface area contributed by atoms with E-state index in [1.807, 2.05) is 36.2 Å². The second-order valence-electron chi connectivity index (χ2n) is 9.03. The molecule has 1 aromatic heterocycles.